The van der Waals surface area contributed by atoms with Gasteiger partial charge in [-0.15, -0.1) is 0 Å². The number of aliphatic hydroxyl groups is 1. The van der Waals surface area contributed by atoms with Crippen molar-refractivity contribution < 1.29 is 14.7 Å². The number of β-amino-alcohol motifs (C(OH)–C–C–N with tert-alkyl or cyclic N) is 1. The molecule has 6 nitrogen and oxygen atoms in total. The molecular weight excluding hydrogens is 330 g/mol. The Bertz CT molecular complexity index is 856. The fourth-order valence-electron chi connectivity index (χ4n) is 3.84. The first-order chi connectivity index (χ1) is 12.3. The summed E-state index contributed by atoms with van der Waals surface area (Å²) < 4.78 is 0. The summed E-state index contributed by atoms with van der Waals surface area (Å²) >= 11 is 0. The Balaban J connectivity index is 1.73. The van der Waals surface area contributed by atoms with Crippen LogP contribution in [0.25, 0.3) is 10.9 Å². The SMILES string of the molecule is CC(=O)N1CC[C@@H](NC(=O)Cc2c(C)[nH]c3c(C)ccc(C)c23)[C@H](O)C1. The predicted octanol–water partition coefficient (Wildman–Crippen LogP) is 1.73. The lowest BCUT2D eigenvalue weighted by molar-refractivity contribution is -0.133. The molecule has 1 aliphatic rings. The monoisotopic (exact) mass is 357 g/mol. The number of H-pyrrole nitrogens is 1. The smallest absolute Gasteiger partial charge is 0.224 e. The molecule has 2 heterocycles. The van der Waals surface area contributed by atoms with Crippen molar-refractivity contribution in [2.75, 3.05) is 13.1 Å². The zero-order valence-corrected chi connectivity index (χ0v) is 15.8. The number of piperidine rings is 1. The maximum Gasteiger partial charge on any atom is 0.224 e. The van der Waals surface area contributed by atoms with Crippen molar-refractivity contribution in [2.45, 2.75) is 52.7 Å². The summed E-state index contributed by atoms with van der Waals surface area (Å²) in [4.78, 5) is 29.1. The third-order valence-electron chi connectivity index (χ3n) is 5.40. The molecule has 140 valence electrons. The molecule has 0 radical (unpaired) electrons. The highest BCUT2D eigenvalue weighted by Gasteiger charge is 2.30. The van der Waals surface area contributed by atoms with Crippen molar-refractivity contribution >= 4 is 22.7 Å². The van der Waals surface area contributed by atoms with E-state index < -0.39 is 6.10 Å². The second-order valence-corrected chi connectivity index (χ2v) is 7.35. The Morgan fingerprint density at radius 2 is 1.96 bits per heavy atom. The van der Waals surface area contributed by atoms with Gasteiger partial charge >= 0.3 is 0 Å². The largest absolute Gasteiger partial charge is 0.389 e. The van der Waals surface area contributed by atoms with Crippen LogP contribution in [0.3, 0.4) is 0 Å². The maximum absolute atomic E-state index is 12.6. The van der Waals surface area contributed by atoms with E-state index in [1.807, 2.05) is 6.92 Å². The normalized spacial score (nSPS) is 20.4. The highest BCUT2D eigenvalue weighted by molar-refractivity contribution is 5.94. The number of carbonyl (C=O) groups excluding carboxylic acids is 2. The Morgan fingerprint density at radius 1 is 1.27 bits per heavy atom. The number of aliphatic hydroxyl groups excluding tert-OH is 1. The first-order valence-corrected chi connectivity index (χ1v) is 9.08. The zero-order chi connectivity index (χ0) is 19.0. The Hall–Kier alpha value is -2.34. The van der Waals surface area contributed by atoms with Crippen LogP contribution in [0, 0.1) is 20.8 Å². The number of nitrogens with one attached hydrogen (secondary N) is 2. The molecule has 26 heavy (non-hydrogen) atoms. The van der Waals surface area contributed by atoms with Gasteiger partial charge in [-0.2, -0.15) is 0 Å². The third-order valence-corrected chi connectivity index (χ3v) is 5.40. The molecule has 0 aliphatic carbocycles. The van der Waals surface area contributed by atoms with Crippen LogP contribution in [0.1, 0.15) is 35.7 Å². The van der Waals surface area contributed by atoms with E-state index in [9.17, 15) is 14.7 Å². The van der Waals surface area contributed by atoms with Gasteiger partial charge in [0, 0.05) is 36.6 Å². The molecule has 0 unspecified atom stereocenters. The van der Waals surface area contributed by atoms with Gasteiger partial charge in [0.25, 0.3) is 0 Å². The molecular formula is C20H27N3O3. The molecule has 2 amide bonds. The summed E-state index contributed by atoms with van der Waals surface area (Å²) in [5.74, 6) is -0.149. The minimum atomic E-state index is -0.732. The number of carbonyl (C=O) groups is 2. The van der Waals surface area contributed by atoms with Crippen molar-refractivity contribution in [1.82, 2.24) is 15.2 Å². The fourth-order valence-corrected chi connectivity index (χ4v) is 3.84. The highest BCUT2D eigenvalue weighted by atomic mass is 16.3. The lowest BCUT2D eigenvalue weighted by atomic mass is 9.99. The number of likely N-dealkylation sites (tertiary alicyclic amines) is 1. The number of fused-ring (bicyclic) bond motifs is 1. The molecule has 1 aromatic carbocycles. The van der Waals surface area contributed by atoms with Gasteiger partial charge in [0.1, 0.15) is 0 Å². The van der Waals surface area contributed by atoms with Crippen LogP contribution in [0.5, 0.6) is 0 Å². The topological polar surface area (TPSA) is 85.4 Å². The summed E-state index contributed by atoms with van der Waals surface area (Å²) in [6, 6.07) is 3.84. The van der Waals surface area contributed by atoms with Crippen molar-refractivity contribution in [3.63, 3.8) is 0 Å². The van der Waals surface area contributed by atoms with E-state index in [-0.39, 0.29) is 30.8 Å². The Morgan fingerprint density at radius 3 is 2.62 bits per heavy atom. The van der Waals surface area contributed by atoms with Gasteiger partial charge in [-0.25, -0.2) is 0 Å². The second-order valence-electron chi connectivity index (χ2n) is 7.35. The molecule has 6 heteroatoms. The van der Waals surface area contributed by atoms with E-state index in [0.717, 1.165) is 33.3 Å². The van der Waals surface area contributed by atoms with Crippen molar-refractivity contribution in [1.29, 1.82) is 0 Å². The Labute approximate surface area is 153 Å². The van der Waals surface area contributed by atoms with Crippen LogP contribution in [-0.4, -0.2) is 52.0 Å². The second kappa shape index (κ2) is 7.11. The number of amides is 2. The number of aromatic amines is 1. The summed E-state index contributed by atoms with van der Waals surface area (Å²) in [7, 11) is 0. The number of hydrogen-bond acceptors (Lipinski definition) is 3. The summed E-state index contributed by atoms with van der Waals surface area (Å²) in [5.41, 5.74) is 5.40. The van der Waals surface area contributed by atoms with Gasteiger partial charge in [0.05, 0.1) is 18.6 Å². The van der Waals surface area contributed by atoms with Gasteiger partial charge < -0.3 is 20.3 Å². The van der Waals surface area contributed by atoms with Crippen LogP contribution in [0.2, 0.25) is 0 Å². The Kier molecular flexibility index (Phi) is 5.05. The zero-order valence-electron chi connectivity index (χ0n) is 15.8. The molecule has 0 spiro atoms. The van der Waals surface area contributed by atoms with E-state index in [2.05, 4.69) is 36.3 Å². The molecule has 0 bridgehead atoms. The summed E-state index contributed by atoms with van der Waals surface area (Å²) in [6.45, 7) is 8.42. The number of benzene rings is 1. The molecule has 3 N–H and O–H groups in total. The molecule has 0 saturated carbocycles. The number of aryl methyl sites for hydroxylation is 3. The van der Waals surface area contributed by atoms with Crippen LogP contribution < -0.4 is 5.32 Å². The number of hydrogen-bond donors (Lipinski definition) is 3. The lowest BCUT2D eigenvalue weighted by Gasteiger charge is -2.35. The third kappa shape index (κ3) is 3.46. The minimum absolute atomic E-state index is 0.0471. The lowest BCUT2D eigenvalue weighted by Crippen LogP contribution is -2.55. The van der Waals surface area contributed by atoms with Gasteiger partial charge in [0.15, 0.2) is 0 Å². The van der Waals surface area contributed by atoms with E-state index in [0.29, 0.717) is 13.0 Å². The summed E-state index contributed by atoms with van der Waals surface area (Å²) in [6.07, 6.45) is 0.109. The van der Waals surface area contributed by atoms with E-state index in [4.69, 9.17) is 0 Å². The van der Waals surface area contributed by atoms with Gasteiger partial charge in [-0.1, -0.05) is 12.1 Å². The molecule has 3 rings (SSSR count). The molecule has 1 aliphatic heterocycles. The fraction of sp³-hybridized carbons (Fsp3) is 0.500. The first kappa shape index (κ1) is 18.5. The maximum atomic E-state index is 12.6. The average molecular weight is 357 g/mol. The summed E-state index contributed by atoms with van der Waals surface area (Å²) in [5, 5.41) is 14.3. The number of aromatic nitrogens is 1. The van der Waals surface area contributed by atoms with Gasteiger partial charge in [-0.3, -0.25) is 9.59 Å². The van der Waals surface area contributed by atoms with Crippen LogP contribution in [-0.2, 0) is 16.0 Å². The standard InChI is InChI=1S/C20H27N3O3/c1-11-5-6-12(2)20-19(11)15(13(3)21-20)9-18(26)22-16-7-8-23(14(4)24)10-17(16)25/h5-6,16-17,21,25H,7-10H2,1-4H3,(H,22,26)/t16-,17-/m1/s1. The minimum Gasteiger partial charge on any atom is -0.389 e. The van der Waals surface area contributed by atoms with Gasteiger partial charge in [-0.05, 0) is 43.9 Å². The van der Waals surface area contributed by atoms with Crippen LogP contribution in [0.4, 0.5) is 0 Å². The quantitative estimate of drug-likeness (QED) is 0.782. The van der Waals surface area contributed by atoms with E-state index >= 15 is 0 Å². The molecule has 2 atom stereocenters. The van der Waals surface area contributed by atoms with Crippen molar-refractivity contribution in [3.05, 3.63) is 34.5 Å². The van der Waals surface area contributed by atoms with Crippen molar-refractivity contribution in [3.8, 4) is 0 Å². The molecule has 1 saturated heterocycles. The van der Waals surface area contributed by atoms with Gasteiger partial charge in [0.2, 0.25) is 11.8 Å². The first-order valence-electron chi connectivity index (χ1n) is 9.08. The predicted molar refractivity (Wildman–Crippen MR) is 101 cm³/mol. The molecule has 1 fully saturated rings. The van der Waals surface area contributed by atoms with E-state index in [1.165, 1.54) is 6.92 Å². The molecule has 1 aromatic heterocycles. The van der Waals surface area contributed by atoms with Crippen molar-refractivity contribution in [2.24, 2.45) is 0 Å². The number of rotatable bonds is 3. The van der Waals surface area contributed by atoms with E-state index in [1.54, 1.807) is 4.90 Å². The average Bonchev–Trinajstić information content (AvgIpc) is 2.90. The molecule has 2 aromatic rings. The van der Waals surface area contributed by atoms with Crippen LogP contribution >= 0.6 is 0 Å². The highest BCUT2D eigenvalue weighted by Crippen LogP contribution is 2.28. The van der Waals surface area contributed by atoms with Crippen LogP contribution in [0.15, 0.2) is 12.1 Å². The number of nitrogens with zero attached hydrogens (tertiary/aromatic N) is 1.